The summed E-state index contributed by atoms with van der Waals surface area (Å²) in [5.74, 6) is -4.56. The number of allylic oxidation sites excluding steroid dienone is 2. The van der Waals surface area contributed by atoms with Gasteiger partial charge < -0.3 is 11.1 Å². The predicted molar refractivity (Wildman–Crippen MR) is 103 cm³/mol. The van der Waals surface area contributed by atoms with Crippen molar-refractivity contribution in [3.8, 4) is 0 Å². The first-order chi connectivity index (χ1) is 14.6. The molecular weight excluding hydrogens is 434 g/mol. The first kappa shape index (κ1) is 25.9. The average molecular weight is 453 g/mol. The van der Waals surface area contributed by atoms with E-state index in [9.17, 15) is 35.1 Å². The molecule has 0 aliphatic heterocycles. The van der Waals surface area contributed by atoms with E-state index in [1.165, 1.54) is 0 Å². The van der Waals surface area contributed by atoms with Gasteiger partial charge in [0.05, 0.1) is 5.70 Å². The van der Waals surface area contributed by atoms with E-state index in [4.69, 9.17) is 5.73 Å². The summed E-state index contributed by atoms with van der Waals surface area (Å²) < 4.78 is 105. The number of hydrogen-bond donors (Lipinski definition) is 2. The van der Waals surface area contributed by atoms with Gasteiger partial charge in [-0.3, -0.25) is 0 Å². The third-order valence-corrected chi connectivity index (χ3v) is 3.70. The van der Waals surface area contributed by atoms with Crippen LogP contribution in [0.15, 0.2) is 41.0 Å². The zero-order valence-corrected chi connectivity index (χ0v) is 16.4. The number of aliphatic imine (C=N–C) groups is 1. The highest BCUT2D eigenvalue weighted by atomic mass is 19.3. The van der Waals surface area contributed by atoms with Crippen molar-refractivity contribution < 1.29 is 35.1 Å². The Hall–Kier alpha value is -3.11. The molecule has 2 aromatic rings. The summed E-state index contributed by atoms with van der Waals surface area (Å²) in [4.78, 5) is 2.64. The second-order valence-corrected chi connectivity index (χ2v) is 5.62. The molecule has 2 rings (SSSR count). The number of benzene rings is 2. The van der Waals surface area contributed by atoms with Gasteiger partial charge in [-0.15, -0.1) is 0 Å². The van der Waals surface area contributed by atoms with E-state index >= 15 is 0 Å². The van der Waals surface area contributed by atoms with Crippen LogP contribution in [0.2, 0.25) is 0 Å². The van der Waals surface area contributed by atoms with Crippen molar-refractivity contribution in [2.45, 2.75) is 33.4 Å². The number of halogens is 8. The molecule has 0 radical (unpaired) electrons. The molecule has 0 atom stereocenters. The molecule has 3 N–H and O–H groups in total. The summed E-state index contributed by atoms with van der Waals surface area (Å²) in [6.07, 6.45) is -2.92. The molecular formula is C20H19F8N3. The largest absolute Gasteiger partial charge is 0.397 e. The maximum Gasteiger partial charge on any atom is 0.331 e. The third-order valence-electron chi connectivity index (χ3n) is 3.70. The highest BCUT2D eigenvalue weighted by molar-refractivity contribution is 6.11. The minimum atomic E-state index is -3.25. The first-order valence-corrected chi connectivity index (χ1v) is 8.86. The van der Waals surface area contributed by atoms with Crippen LogP contribution < -0.4 is 11.1 Å². The number of rotatable bonds is 7. The summed E-state index contributed by atoms with van der Waals surface area (Å²) >= 11 is 0. The molecule has 2 aromatic carbocycles. The molecule has 0 aliphatic carbocycles. The zero-order valence-electron chi connectivity index (χ0n) is 16.4. The minimum Gasteiger partial charge on any atom is -0.397 e. The highest BCUT2D eigenvalue weighted by Gasteiger charge is 2.18. The Balaban J connectivity index is 0.00000233. The van der Waals surface area contributed by atoms with Crippen LogP contribution >= 0.6 is 0 Å². The maximum absolute atomic E-state index is 14.4. The number of nitrogens with two attached hydrogens (primary N) is 1. The molecule has 0 bridgehead atoms. The van der Waals surface area contributed by atoms with Crippen LogP contribution in [-0.4, -0.2) is 19.2 Å². The molecule has 0 fully saturated rings. The van der Waals surface area contributed by atoms with Crippen LogP contribution in [0.25, 0.3) is 5.57 Å². The van der Waals surface area contributed by atoms with Crippen molar-refractivity contribution in [3.05, 3.63) is 70.4 Å². The van der Waals surface area contributed by atoms with E-state index in [1.807, 2.05) is 13.8 Å². The molecule has 0 unspecified atom stereocenters. The lowest BCUT2D eigenvalue weighted by Gasteiger charge is -2.12. The van der Waals surface area contributed by atoms with Gasteiger partial charge in [0.1, 0.15) is 23.3 Å². The summed E-state index contributed by atoms with van der Waals surface area (Å²) in [7, 11) is 0. The molecule has 0 heterocycles. The van der Waals surface area contributed by atoms with Gasteiger partial charge in [0, 0.05) is 47.3 Å². The minimum absolute atomic E-state index is 0.0184. The number of anilines is 1. The second kappa shape index (κ2) is 11.9. The second-order valence-electron chi connectivity index (χ2n) is 5.62. The molecule has 3 nitrogen and oxygen atoms in total. The molecule has 0 aliphatic rings. The number of nitrogens with zero attached hydrogens (tertiary/aromatic N) is 1. The van der Waals surface area contributed by atoms with Crippen molar-refractivity contribution in [2.75, 3.05) is 5.32 Å². The van der Waals surface area contributed by atoms with Gasteiger partial charge in [-0.25, -0.2) is 31.3 Å². The molecule has 11 heteroatoms. The number of hydrogen-bond acceptors (Lipinski definition) is 3. The van der Waals surface area contributed by atoms with Gasteiger partial charge in [0.25, 0.3) is 6.43 Å². The van der Waals surface area contributed by atoms with Crippen LogP contribution in [0.5, 0.6) is 0 Å². The van der Waals surface area contributed by atoms with Crippen molar-refractivity contribution in [1.29, 1.82) is 0 Å². The normalized spacial score (nSPS) is 12.1. The molecule has 170 valence electrons. The van der Waals surface area contributed by atoms with Crippen LogP contribution in [0.1, 0.15) is 25.0 Å². The van der Waals surface area contributed by atoms with Crippen molar-refractivity contribution >= 4 is 17.5 Å². The van der Waals surface area contributed by atoms with Gasteiger partial charge in [-0.1, -0.05) is 13.8 Å². The Morgan fingerprint density at radius 3 is 2.03 bits per heavy atom. The molecule has 0 aromatic heterocycles. The van der Waals surface area contributed by atoms with E-state index < -0.39 is 65.2 Å². The lowest BCUT2D eigenvalue weighted by molar-refractivity contribution is 0.160. The van der Waals surface area contributed by atoms with E-state index in [1.54, 1.807) is 0 Å². The van der Waals surface area contributed by atoms with E-state index in [0.29, 0.717) is 18.3 Å². The van der Waals surface area contributed by atoms with Gasteiger partial charge in [0.15, 0.2) is 0 Å². The monoisotopic (exact) mass is 453 g/mol. The number of nitrogens with one attached hydrogen (secondary N) is 1. The lowest BCUT2D eigenvalue weighted by Crippen LogP contribution is -2.13. The summed E-state index contributed by atoms with van der Waals surface area (Å²) in [6.45, 7) is 0.297. The van der Waals surface area contributed by atoms with Crippen LogP contribution in [0.4, 0.5) is 40.8 Å². The van der Waals surface area contributed by atoms with Crippen LogP contribution in [-0.2, 0) is 6.54 Å². The van der Waals surface area contributed by atoms with Gasteiger partial charge in [0.2, 0.25) is 0 Å². The van der Waals surface area contributed by atoms with Gasteiger partial charge in [-0.05, 0) is 18.2 Å². The lowest BCUT2D eigenvalue weighted by atomic mass is 10.0. The standard InChI is InChI=1S/C18H13F8N3.C2H6/c19-8-3-13(20)12(14(21)4-8)7-28-9-1-2-10(15(22)5-9)11(6-29-18(25)26)16(27)17(23)24;1-2/h1-6,17-18,28H,7,27H2;1-2H3/b16-11+,29-6+;. The number of alkyl halides is 4. The fraction of sp³-hybridized carbons (Fsp3) is 0.250. The highest BCUT2D eigenvalue weighted by Crippen LogP contribution is 2.25. The Kier molecular flexibility index (Phi) is 9.97. The topological polar surface area (TPSA) is 50.4 Å². The van der Waals surface area contributed by atoms with E-state index in [0.717, 1.165) is 18.2 Å². The molecule has 0 amide bonds. The Bertz CT molecular complexity index is 919. The quantitative estimate of drug-likeness (QED) is 0.302. The Labute approximate surface area is 173 Å². The maximum atomic E-state index is 14.4. The van der Waals surface area contributed by atoms with Crippen molar-refractivity contribution in [1.82, 2.24) is 0 Å². The average Bonchev–Trinajstić information content (AvgIpc) is 2.69. The van der Waals surface area contributed by atoms with E-state index in [-0.39, 0.29) is 5.69 Å². The van der Waals surface area contributed by atoms with Crippen molar-refractivity contribution in [3.63, 3.8) is 0 Å². The van der Waals surface area contributed by atoms with Crippen LogP contribution in [0.3, 0.4) is 0 Å². The third kappa shape index (κ3) is 7.26. The fourth-order valence-electron chi connectivity index (χ4n) is 2.32. The molecule has 31 heavy (non-hydrogen) atoms. The Morgan fingerprint density at radius 1 is 0.968 bits per heavy atom. The van der Waals surface area contributed by atoms with Crippen molar-refractivity contribution in [2.24, 2.45) is 10.7 Å². The van der Waals surface area contributed by atoms with E-state index in [2.05, 4.69) is 10.3 Å². The first-order valence-electron chi connectivity index (χ1n) is 8.86. The smallest absolute Gasteiger partial charge is 0.331 e. The molecule has 0 saturated heterocycles. The fourth-order valence-corrected chi connectivity index (χ4v) is 2.32. The summed E-state index contributed by atoms with van der Waals surface area (Å²) in [5, 5.41) is 2.48. The Morgan fingerprint density at radius 2 is 1.55 bits per heavy atom. The SMILES string of the molecule is CC.N/C(=C(\C=N\C(F)F)c1ccc(NCc2c(F)cc(F)cc2F)cc1F)C(F)F. The van der Waals surface area contributed by atoms with Gasteiger partial charge >= 0.3 is 6.55 Å². The summed E-state index contributed by atoms with van der Waals surface area (Å²) in [5.41, 5.74) is 2.20. The zero-order chi connectivity index (χ0) is 23.7. The molecule has 0 spiro atoms. The molecule has 0 saturated carbocycles. The van der Waals surface area contributed by atoms with Gasteiger partial charge in [-0.2, -0.15) is 8.78 Å². The van der Waals surface area contributed by atoms with Crippen LogP contribution in [0, 0.1) is 23.3 Å². The summed E-state index contributed by atoms with van der Waals surface area (Å²) in [6, 6.07) is 3.82. The predicted octanol–water partition coefficient (Wildman–Crippen LogP) is 6.11.